The van der Waals surface area contributed by atoms with E-state index in [4.69, 9.17) is 14.2 Å². The molecule has 1 aromatic heterocycles. The number of aromatic nitrogens is 1. The first-order valence-electron chi connectivity index (χ1n) is 18.9. The minimum absolute atomic E-state index is 0.0231. The van der Waals surface area contributed by atoms with E-state index in [1.807, 2.05) is 0 Å². The third-order valence-corrected chi connectivity index (χ3v) is 10.1. The van der Waals surface area contributed by atoms with Gasteiger partial charge < -0.3 is 24.1 Å². The fourth-order valence-corrected chi connectivity index (χ4v) is 7.70. The molecule has 2 fully saturated rings. The smallest absolute Gasteiger partial charge is 0.410 e. The predicted octanol–water partition coefficient (Wildman–Crippen LogP) is 8.65. The van der Waals surface area contributed by atoms with Gasteiger partial charge in [0.25, 0.3) is 0 Å². The molecule has 7 rings (SSSR count). The summed E-state index contributed by atoms with van der Waals surface area (Å²) in [7, 11) is 0. The zero-order valence-corrected chi connectivity index (χ0v) is 32.5. The highest BCUT2D eigenvalue weighted by atomic mass is 19.2. The van der Waals surface area contributed by atoms with E-state index in [2.05, 4.69) is 5.32 Å². The first-order valence-corrected chi connectivity index (χ1v) is 18.9. The van der Waals surface area contributed by atoms with Gasteiger partial charge in [-0.05, 0) is 103 Å². The van der Waals surface area contributed by atoms with E-state index >= 15 is 8.78 Å². The van der Waals surface area contributed by atoms with Crippen LogP contribution >= 0.6 is 0 Å². The molecule has 3 aliphatic rings. The number of fused-ring (bicyclic) bond motifs is 5. The summed E-state index contributed by atoms with van der Waals surface area (Å²) in [6, 6.07) is 10.0. The fourth-order valence-electron chi connectivity index (χ4n) is 7.70. The number of benzene rings is 3. The molecule has 15 heteroatoms. The summed E-state index contributed by atoms with van der Waals surface area (Å²) in [5.41, 5.74) is -0.469. The van der Waals surface area contributed by atoms with Gasteiger partial charge in [-0.1, -0.05) is 6.07 Å². The minimum Gasteiger partial charge on any atom is -0.465 e. The van der Waals surface area contributed by atoms with Crippen molar-refractivity contribution in [3.63, 3.8) is 0 Å². The van der Waals surface area contributed by atoms with Crippen molar-refractivity contribution >= 4 is 40.5 Å². The number of rotatable bonds is 6. The second-order valence-corrected chi connectivity index (χ2v) is 16.7. The number of ether oxygens (including phenoxy) is 3. The Labute approximate surface area is 326 Å². The third kappa shape index (κ3) is 7.88. The van der Waals surface area contributed by atoms with E-state index in [9.17, 15) is 28.0 Å². The molecule has 57 heavy (non-hydrogen) atoms. The summed E-state index contributed by atoms with van der Waals surface area (Å²) in [6.45, 7) is 11.2. The van der Waals surface area contributed by atoms with Gasteiger partial charge in [-0.3, -0.25) is 19.4 Å². The quantitative estimate of drug-likeness (QED) is 0.153. The van der Waals surface area contributed by atoms with Crippen LogP contribution in [0.1, 0.15) is 84.6 Å². The predicted molar refractivity (Wildman–Crippen MR) is 202 cm³/mol. The van der Waals surface area contributed by atoms with Crippen molar-refractivity contribution in [1.29, 1.82) is 0 Å². The van der Waals surface area contributed by atoms with E-state index in [0.29, 0.717) is 66.5 Å². The Balaban J connectivity index is 1.22. The summed E-state index contributed by atoms with van der Waals surface area (Å²) < 4.78 is 79.0. The Bertz CT molecular complexity index is 2270. The van der Waals surface area contributed by atoms with Gasteiger partial charge in [-0.25, -0.2) is 27.2 Å². The number of likely N-dealkylation sites (tertiary alicyclic amines) is 2. The van der Waals surface area contributed by atoms with Gasteiger partial charge in [0.2, 0.25) is 12.1 Å². The van der Waals surface area contributed by atoms with Gasteiger partial charge in [0, 0.05) is 48.3 Å². The van der Waals surface area contributed by atoms with Crippen LogP contribution in [-0.4, -0.2) is 74.6 Å². The van der Waals surface area contributed by atoms with Crippen molar-refractivity contribution in [1.82, 2.24) is 14.4 Å². The molecule has 3 atom stereocenters. The molecule has 3 amide bonds. The average molecular weight is 793 g/mol. The number of carbonyl (C=O) groups is 4. The number of anilines is 1. The van der Waals surface area contributed by atoms with E-state index < -0.39 is 76.4 Å². The number of halogens is 4. The summed E-state index contributed by atoms with van der Waals surface area (Å²) in [5, 5.41) is 3.32. The Morgan fingerprint density at radius 1 is 0.772 bits per heavy atom. The van der Waals surface area contributed by atoms with Crippen LogP contribution in [0.3, 0.4) is 0 Å². The van der Waals surface area contributed by atoms with Gasteiger partial charge in [0.1, 0.15) is 23.0 Å². The van der Waals surface area contributed by atoms with Crippen LogP contribution in [0, 0.1) is 23.3 Å². The lowest BCUT2D eigenvalue weighted by Crippen LogP contribution is -2.45. The third-order valence-electron chi connectivity index (χ3n) is 10.1. The van der Waals surface area contributed by atoms with E-state index in [1.165, 1.54) is 20.4 Å². The van der Waals surface area contributed by atoms with Crippen LogP contribution in [-0.2, 0) is 25.5 Å². The van der Waals surface area contributed by atoms with E-state index in [-0.39, 0.29) is 29.7 Å². The molecular formula is C42H44F4N4O7. The molecular weight excluding hydrogens is 748 g/mol. The molecule has 0 saturated carbocycles. The van der Waals surface area contributed by atoms with Gasteiger partial charge in [-0.2, -0.15) is 0 Å². The van der Waals surface area contributed by atoms with Crippen molar-refractivity contribution in [2.75, 3.05) is 18.4 Å². The molecule has 11 nitrogen and oxygen atoms in total. The SMILES string of the molecule is CC(C)(C)OC(=O)N1CCC[C@H]1C(=O)Cc1ccc2c(c1)cc1n2[C@H](c2c(F)c(F)cc(F)c2F)Oc2cc(NC(=O)[C@@H]3CCCN3C(=O)OC(C)(C)C)ccc2-1. The number of Topliss-reactive ketones (excluding diaryl/α,β-unsaturated/α-hetero) is 1. The molecule has 3 aliphatic heterocycles. The van der Waals surface area contributed by atoms with Crippen LogP contribution in [0.4, 0.5) is 32.8 Å². The molecule has 0 aliphatic carbocycles. The molecule has 2 saturated heterocycles. The van der Waals surface area contributed by atoms with Crippen molar-refractivity contribution in [3.8, 4) is 17.0 Å². The number of hydrogen-bond donors (Lipinski definition) is 1. The highest BCUT2D eigenvalue weighted by Gasteiger charge is 2.39. The van der Waals surface area contributed by atoms with Gasteiger partial charge in [-0.15, -0.1) is 0 Å². The molecule has 302 valence electrons. The van der Waals surface area contributed by atoms with Gasteiger partial charge in [0.05, 0.1) is 22.8 Å². The standard InChI is InChI=1S/C42H44F4N4O7/c1-41(2,3)56-39(53)48-15-7-9-29(48)32(51)18-22-11-14-28-23(17-22)19-31-25-13-12-24(47-37(52)30-10-8-16-49(30)40(54)57-42(4,5)6)20-33(25)55-38(50(28)31)34-35(45)26(43)21-27(44)36(34)46/h11-14,17,19-21,29-30,38H,7-10,15-16,18H2,1-6H3,(H,47,52)/t29-,30-,38-/m0/s1. The normalized spacial score (nSPS) is 19.2. The Hall–Kier alpha value is -5.60. The zero-order chi connectivity index (χ0) is 41.1. The Morgan fingerprint density at radius 3 is 1.98 bits per heavy atom. The van der Waals surface area contributed by atoms with E-state index in [0.717, 1.165) is 0 Å². The minimum atomic E-state index is -1.74. The molecule has 3 aromatic carbocycles. The molecule has 4 aromatic rings. The molecule has 0 unspecified atom stereocenters. The lowest BCUT2D eigenvalue weighted by molar-refractivity contribution is -0.122. The molecule has 4 heterocycles. The number of carbonyl (C=O) groups excluding carboxylic acids is 4. The number of amides is 3. The van der Waals surface area contributed by atoms with Crippen LogP contribution in [0.15, 0.2) is 48.5 Å². The largest absolute Gasteiger partial charge is 0.465 e. The summed E-state index contributed by atoms with van der Waals surface area (Å²) in [5.74, 6) is -7.14. The maximum Gasteiger partial charge on any atom is 0.410 e. The molecule has 0 bridgehead atoms. The number of ketones is 1. The van der Waals surface area contributed by atoms with Crippen molar-refractivity contribution in [2.45, 2.75) is 103 Å². The maximum atomic E-state index is 15.5. The lowest BCUT2D eigenvalue weighted by Gasteiger charge is -2.31. The summed E-state index contributed by atoms with van der Waals surface area (Å²) in [4.78, 5) is 55.6. The first-order chi connectivity index (χ1) is 26.8. The van der Waals surface area contributed by atoms with Crippen LogP contribution in [0.25, 0.3) is 22.2 Å². The summed E-state index contributed by atoms with van der Waals surface area (Å²) in [6.07, 6.45) is -0.833. The Kier molecular flexibility index (Phi) is 10.2. The lowest BCUT2D eigenvalue weighted by atomic mass is 10.0. The monoisotopic (exact) mass is 792 g/mol. The number of hydrogen-bond acceptors (Lipinski definition) is 7. The highest BCUT2D eigenvalue weighted by molar-refractivity contribution is 5.98. The zero-order valence-electron chi connectivity index (χ0n) is 32.5. The van der Waals surface area contributed by atoms with Crippen molar-refractivity contribution in [2.24, 2.45) is 0 Å². The van der Waals surface area contributed by atoms with Crippen LogP contribution in [0.5, 0.6) is 5.75 Å². The first kappa shape index (κ1) is 39.6. The van der Waals surface area contributed by atoms with Crippen molar-refractivity contribution < 1.29 is 51.0 Å². The van der Waals surface area contributed by atoms with E-state index in [1.54, 1.807) is 77.9 Å². The maximum absolute atomic E-state index is 15.5. The number of nitrogens with zero attached hydrogens (tertiary/aromatic N) is 3. The van der Waals surface area contributed by atoms with Crippen LogP contribution in [0.2, 0.25) is 0 Å². The average Bonchev–Trinajstić information content (AvgIpc) is 3.88. The highest BCUT2D eigenvalue weighted by Crippen LogP contribution is 2.46. The molecule has 1 N–H and O–H groups in total. The molecule has 0 radical (unpaired) electrons. The van der Waals surface area contributed by atoms with Gasteiger partial charge >= 0.3 is 12.2 Å². The second kappa shape index (κ2) is 14.7. The Morgan fingerprint density at radius 2 is 1.37 bits per heavy atom. The number of nitrogens with one attached hydrogen (secondary N) is 1. The topological polar surface area (TPSA) is 119 Å². The fraction of sp³-hybridized carbons (Fsp3) is 0.429. The van der Waals surface area contributed by atoms with Crippen LogP contribution < -0.4 is 10.1 Å². The summed E-state index contributed by atoms with van der Waals surface area (Å²) >= 11 is 0. The molecule has 0 spiro atoms. The van der Waals surface area contributed by atoms with Crippen molar-refractivity contribution in [3.05, 3.63) is 82.9 Å². The second-order valence-electron chi connectivity index (χ2n) is 16.7. The van der Waals surface area contributed by atoms with Gasteiger partial charge in [0.15, 0.2) is 29.1 Å².